The summed E-state index contributed by atoms with van der Waals surface area (Å²) in [5, 5.41) is 0. The first-order valence-electron chi connectivity index (χ1n) is 6.57. The minimum absolute atomic E-state index is 0.0171. The van der Waals surface area contributed by atoms with Crippen LogP contribution < -0.4 is 4.72 Å². The third-order valence-corrected chi connectivity index (χ3v) is 4.53. The van der Waals surface area contributed by atoms with Gasteiger partial charge in [-0.1, -0.05) is 13.8 Å². The van der Waals surface area contributed by atoms with E-state index >= 15 is 0 Å². The Labute approximate surface area is 112 Å². The zero-order valence-corrected chi connectivity index (χ0v) is 12.8. The fraction of sp³-hybridized carbons (Fsp3) is 0.923. The van der Waals surface area contributed by atoms with E-state index in [2.05, 4.69) is 18.6 Å². The highest BCUT2D eigenvalue weighted by atomic mass is 32.2. The van der Waals surface area contributed by atoms with Gasteiger partial charge in [-0.05, 0) is 39.5 Å². The molecule has 0 aromatic carbocycles. The van der Waals surface area contributed by atoms with Crippen LogP contribution in [0.2, 0.25) is 0 Å². The highest BCUT2D eigenvalue weighted by molar-refractivity contribution is 7.84. The SMILES string of the molecule is CC(C)C[C@@H](NS(=O)C(C)(C)C)[C@@H]1CCC(=O)O1. The van der Waals surface area contributed by atoms with Crippen molar-refractivity contribution in [2.24, 2.45) is 5.92 Å². The topological polar surface area (TPSA) is 55.4 Å². The van der Waals surface area contributed by atoms with Crippen molar-refractivity contribution >= 4 is 17.0 Å². The standard InChI is InChI=1S/C13H25NO3S/c1-9(2)8-10(11-6-7-12(15)17-11)14-18(16)13(3,4)5/h9-11,14H,6-8H2,1-5H3/t10-,11+,18?/m1/s1. The molecule has 1 aliphatic heterocycles. The van der Waals surface area contributed by atoms with Gasteiger partial charge in [0.05, 0.1) is 21.8 Å². The Morgan fingerprint density at radius 1 is 1.44 bits per heavy atom. The highest BCUT2D eigenvalue weighted by Gasteiger charge is 2.34. The van der Waals surface area contributed by atoms with Crippen LogP contribution in [0, 0.1) is 5.92 Å². The molecule has 0 aromatic rings. The summed E-state index contributed by atoms with van der Waals surface area (Å²) in [7, 11) is -1.13. The van der Waals surface area contributed by atoms with Gasteiger partial charge in [-0.15, -0.1) is 0 Å². The maximum Gasteiger partial charge on any atom is 0.306 e. The molecule has 0 spiro atoms. The fourth-order valence-corrected chi connectivity index (χ4v) is 2.80. The maximum absolute atomic E-state index is 12.2. The van der Waals surface area contributed by atoms with E-state index in [1.807, 2.05) is 20.8 Å². The van der Waals surface area contributed by atoms with E-state index in [4.69, 9.17) is 4.74 Å². The predicted molar refractivity (Wildman–Crippen MR) is 73.4 cm³/mol. The molecule has 0 aliphatic carbocycles. The average molecular weight is 275 g/mol. The molecule has 0 aromatic heterocycles. The van der Waals surface area contributed by atoms with Gasteiger partial charge in [0.2, 0.25) is 0 Å². The molecule has 1 N–H and O–H groups in total. The Balaban J connectivity index is 2.67. The smallest absolute Gasteiger partial charge is 0.306 e. The zero-order chi connectivity index (χ0) is 13.9. The van der Waals surface area contributed by atoms with Gasteiger partial charge in [0, 0.05) is 6.42 Å². The summed E-state index contributed by atoms with van der Waals surface area (Å²) in [5.74, 6) is 0.330. The van der Waals surface area contributed by atoms with Gasteiger partial charge in [0.15, 0.2) is 0 Å². The third-order valence-electron chi connectivity index (χ3n) is 2.90. The van der Waals surface area contributed by atoms with Crippen molar-refractivity contribution in [2.75, 3.05) is 0 Å². The van der Waals surface area contributed by atoms with E-state index in [0.717, 1.165) is 12.8 Å². The van der Waals surface area contributed by atoms with Crippen molar-refractivity contribution < 1.29 is 13.7 Å². The molecule has 3 atom stereocenters. The van der Waals surface area contributed by atoms with Gasteiger partial charge in [-0.3, -0.25) is 4.79 Å². The molecular weight excluding hydrogens is 250 g/mol. The van der Waals surface area contributed by atoms with Crippen molar-refractivity contribution in [3.8, 4) is 0 Å². The molecule has 106 valence electrons. The summed E-state index contributed by atoms with van der Waals surface area (Å²) in [6.07, 6.45) is 1.93. The third kappa shape index (κ3) is 4.69. The minimum atomic E-state index is -1.13. The van der Waals surface area contributed by atoms with Crippen LogP contribution in [-0.2, 0) is 20.5 Å². The van der Waals surface area contributed by atoms with E-state index in [1.165, 1.54) is 0 Å². The first-order valence-corrected chi connectivity index (χ1v) is 7.72. The predicted octanol–water partition coefficient (Wildman–Crippen LogP) is 2.16. The van der Waals surface area contributed by atoms with Crippen LogP contribution in [0.4, 0.5) is 0 Å². The van der Waals surface area contributed by atoms with Crippen molar-refractivity contribution in [3.05, 3.63) is 0 Å². The largest absolute Gasteiger partial charge is 0.461 e. The number of carbonyl (C=O) groups is 1. The van der Waals surface area contributed by atoms with Gasteiger partial charge >= 0.3 is 5.97 Å². The number of hydrogen-bond donors (Lipinski definition) is 1. The lowest BCUT2D eigenvalue weighted by Gasteiger charge is -2.28. The molecule has 1 rings (SSSR count). The summed E-state index contributed by atoms with van der Waals surface area (Å²) >= 11 is 0. The number of esters is 1. The Kier molecular flexibility index (Phi) is 5.34. The Bertz CT molecular complexity index is 323. The fourth-order valence-electron chi connectivity index (χ4n) is 1.93. The number of nitrogens with one attached hydrogen (secondary N) is 1. The van der Waals surface area contributed by atoms with Gasteiger partial charge < -0.3 is 4.74 Å². The molecule has 5 heteroatoms. The molecule has 1 saturated heterocycles. The highest BCUT2D eigenvalue weighted by Crippen LogP contribution is 2.23. The molecular formula is C13H25NO3S. The second-order valence-corrected chi connectivity index (χ2v) is 8.30. The van der Waals surface area contributed by atoms with Crippen molar-refractivity contribution in [3.63, 3.8) is 0 Å². The average Bonchev–Trinajstić information content (AvgIpc) is 2.61. The van der Waals surface area contributed by atoms with Crippen LogP contribution in [0.15, 0.2) is 0 Å². The number of ether oxygens (including phenoxy) is 1. The van der Waals surface area contributed by atoms with E-state index in [-0.39, 0.29) is 22.9 Å². The molecule has 0 radical (unpaired) electrons. The van der Waals surface area contributed by atoms with Crippen LogP contribution in [0.1, 0.15) is 53.9 Å². The van der Waals surface area contributed by atoms with Crippen molar-refractivity contribution in [1.82, 2.24) is 4.72 Å². The number of carbonyl (C=O) groups excluding carboxylic acids is 1. The molecule has 1 heterocycles. The van der Waals surface area contributed by atoms with Crippen molar-refractivity contribution in [2.45, 2.75) is 70.8 Å². The molecule has 1 fully saturated rings. The van der Waals surface area contributed by atoms with E-state index in [1.54, 1.807) is 0 Å². The summed E-state index contributed by atoms with van der Waals surface area (Å²) in [5.41, 5.74) is 0. The minimum Gasteiger partial charge on any atom is -0.461 e. The van der Waals surface area contributed by atoms with Crippen LogP contribution >= 0.6 is 0 Å². The van der Waals surface area contributed by atoms with Crippen molar-refractivity contribution in [1.29, 1.82) is 0 Å². The quantitative estimate of drug-likeness (QED) is 0.782. The molecule has 1 aliphatic rings. The Morgan fingerprint density at radius 3 is 2.44 bits per heavy atom. The second kappa shape index (κ2) is 6.15. The van der Waals surface area contributed by atoms with E-state index in [9.17, 15) is 9.00 Å². The van der Waals surface area contributed by atoms with Crippen LogP contribution in [0.25, 0.3) is 0 Å². The van der Waals surface area contributed by atoms with E-state index in [0.29, 0.717) is 12.3 Å². The molecule has 0 amide bonds. The number of hydrogen-bond acceptors (Lipinski definition) is 3. The summed E-state index contributed by atoms with van der Waals surface area (Å²) in [4.78, 5) is 11.2. The molecule has 1 unspecified atom stereocenters. The van der Waals surface area contributed by atoms with Gasteiger partial charge in [0.1, 0.15) is 6.10 Å². The normalized spacial score (nSPS) is 24.1. The second-order valence-electron chi connectivity index (χ2n) is 6.30. The molecule has 0 saturated carbocycles. The lowest BCUT2D eigenvalue weighted by Crippen LogP contribution is -2.46. The van der Waals surface area contributed by atoms with Gasteiger partial charge in [0.25, 0.3) is 0 Å². The summed E-state index contributed by atoms with van der Waals surface area (Å²) in [6, 6.07) is -0.0171. The van der Waals surface area contributed by atoms with Crippen LogP contribution in [-0.4, -0.2) is 27.1 Å². The lowest BCUT2D eigenvalue weighted by molar-refractivity contribution is -0.142. The monoisotopic (exact) mass is 275 g/mol. The van der Waals surface area contributed by atoms with Crippen LogP contribution in [0.3, 0.4) is 0 Å². The van der Waals surface area contributed by atoms with Gasteiger partial charge in [-0.2, -0.15) is 0 Å². The molecule has 0 bridgehead atoms. The molecule has 18 heavy (non-hydrogen) atoms. The first-order chi connectivity index (χ1) is 8.20. The molecule has 4 nitrogen and oxygen atoms in total. The lowest BCUT2D eigenvalue weighted by atomic mass is 9.98. The number of cyclic esters (lactones) is 1. The number of rotatable bonds is 5. The maximum atomic E-state index is 12.2. The zero-order valence-electron chi connectivity index (χ0n) is 12.0. The van der Waals surface area contributed by atoms with Crippen LogP contribution in [0.5, 0.6) is 0 Å². The first kappa shape index (κ1) is 15.6. The van der Waals surface area contributed by atoms with E-state index < -0.39 is 11.0 Å². The summed E-state index contributed by atoms with van der Waals surface area (Å²) in [6.45, 7) is 10.0. The Hall–Kier alpha value is -0.420. The Morgan fingerprint density at radius 2 is 2.06 bits per heavy atom. The summed E-state index contributed by atoms with van der Waals surface area (Å²) < 4.78 is 20.3. The van der Waals surface area contributed by atoms with Gasteiger partial charge in [-0.25, -0.2) is 8.93 Å².